The number of hydrogen-bond acceptors (Lipinski definition) is 7. The molecule has 4 rings (SSSR count). The van der Waals surface area contributed by atoms with E-state index in [1.165, 1.54) is 30.5 Å². The Hall–Kier alpha value is -5.19. The van der Waals surface area contributed by atoms with Gasteiger partial charge in [0.2, 0.25) is 5.95 Å². The van der Waals surface area contributed by atoms with Gasteiger partial charge in [-0.05, 0) is 54.6 Å². The van der Waals surface area contributed by atoms with Gasteiger partial charge >= 0.3 is 12.4 Å². The molecule has 0 unspecified atom stereocenters. The van der Waals surface area contributed by atoms with Gasteiger partial charge in [-0.25, -0.2) is 15.0 Å². The van der Waals surface area contributed by atoms with Crippen LogP contribution in [0.5, 0.6) is 0 Å². The lowest BCUT2D eigenvalue weighted by atomic mass is 10.2. The Morgan fingerprint density at radius 3 is 1.95 bits per heavy atom. The number of aromatic nitrogens is 3. The van der Waals surface area contributed by atoms with Gasteiger partial charge in [0.1, 0.15) is 5.15 Å². The van der Waals surface area contributed by atoms with E-state index in [-0.39, 0.29) is 17.3 Å². The van der Waals surface area contributed by atoms with Crippen molar-refractivity contribution in [3.8, 4) is 11.3 Å². The molecule has 0 amide bonds. The SMILES string of the molecule is FC(F)(F)c1cccc(Nc2nccc(-c3ccnc(Cl)c3)n2)c1.N=C(N)Nc1cccc(C(F)(F)F)c1.O=[N+]([O-])O. The Labute approximate surface area is 237 Å². The van der Waals surface area contributed by atoms with E-state index >= 15 is 0 Å². The van der Waals surface area contributed by atoms with E-state index in [1.807, 2.05) is 0 Å². The highest BCUT2D eigenvalue weighted by molar-refractivity contribution is 6.29. The van der Waals surface area contributed by atoms with Crippen molar-refractivity contribution in [2.75, 3.05) is 10.6 Å². The summed E-state index contributed by atoms with van der Waals surface area (Å²) >= 11 is 5.85. The Balaban J connectivity index is 0.000000290. The first-order chi connectivity index (χ1) is 19.5. The minimum atomic E-state index is -4.41. The summed E-state index contributed by atoms with van der Waals surface area (Å²) in [6.07, 6.45) is -5.74. The van der Waals surface area contributed by atoms with Crippen LogP contribution in [0.3, 0.4) is 0 Å². The molecule has 6 N–H and O–H groups in total. The van der Waals surface area contributed by atoms with E-state index in [0.717, 1.165) is 29.8 Å². The Kier molecular flexibility index (Phi) is 11.4. The molecule has 2 heterocycles. The summed E-state index contributed by atoms with van der Waals surface area (Å²) in [7, 11) is 0. The van der Waals surface area contributed by atoms with Gasteiger partial charge in [-0.2, -0.15) is 26.3 Å². The first-order valence-electron chi connectivity index (χ1n) is 11.1. The first-order valence-corrected chi connectivity index (χ1v) is 11.4. The quantitative estimate of drug-likeness (QED) is 0.0421. The van der Waals surface area contributed by atoms with Gasteiger partial charge < -0.3 is 21.6 Å². The highest BCUT2D eigenvalue weighted by atomic mass is 35.5. The lowest BCUT2D eigenvalue weighted by Gasteiger charge is -2.10. The maximum absolute atomic E-state index is 12.8. The average Bonchev–Trinajstić information content (AvgIpc) is 2.88. The third-order valence-electron chi connectivity index (χ3n) is 4.59. The van der Waals surface area contributed by atoms with Crippen molar-refractivity contribution in [2.45, 2.75) is 12.4 Å². The van der Waals surface area contributed by atoms with Crippen LogP contribution in [0.15, 0.2) is 79.1 Å². The van der Waals surface area contributed by atoms with E-state index in [4.69, 9.17) is 38.1 Å². The van der Waals surface area contributed by atoms with E-state index in [1.54, 1.807) is 24.4 Å². The largest absolute Gasteiger partial charge is 0.416 e. The number of nitrogens with one attached hydrogen (secondary N) is 3. The van der Waals surface area contributed by atoms with E-state index in [2.05, 4.69) is 25.6 Å². The summed E-state index contributed by atoms with van der Waals surface area (Å²) in [6.45, 7) is 0. The summed E-state index contributed by atoms with van der Waals surface area (Å²) < 4.78 is 74.8. The molecule has 0 aliphatic heterocycles. The molecule has 0 atom stereocenters. The molecule has 0 bridgehead atoms. The standard InChI is InChI=1S/C16H10ClF3N4.C8H8F3N3.HNO3/c17-14-8-10(4-6-21-14)13-5-7-22-15(24-13)23-12-3-1-2-11(9-12)16(18,19)20;9-8(10,11)5-2-1-3-6(4-5)14-7(12)13;2-1(3)4/h1-9H,(H,22,23,24);1-4H,(H4,12,13,14);(H,2,3,4). The number of nitrogens with two attached hydrogens (primary N) is 1. The van der Waals surface area contributed by atoms with Gasteiger partial charge in [-0.3, -0.25) is 5.41 Å². The third kappa shape index (κ3) is 11.5. The number of guanidine groups is 1. The number of rotatable bonds is 4. The molecule has 222 valence electrons. The van der Waals surface area contributed by atoms with Crippen LogP contribution in [0, 0.1) is 15.5 Å². The van der Waals surface area contributed by atoms with E-state index < -0.39 is 34.5 Å². The second-order valence-electron chi connectivity index (χ2n) is 7.69. The molecule has 2 aromatic carbocycles. The average molecular weight is 617 g/mol. The summed E-state index contributed by atoms with van der Waals surface area (Å²) in [5.41, 5.74) is 5.14. The molecule has 18 heteroatoms. The van der Waals surface area contributed by atoms with Crippen LogP contribution in [0.25, 0.3) is 11.3 Å². The number of halogens is 7. The number of alkyl halides is 6. The second-order valence-corrected chi connectivity index (χ2v) is 8.08. The third-order valence-corrected chi connectivity index (χ3v) is 4.80. The summed E-state index contributed by atoms with van der Waals surface area (Å²) in [6, 6.07) is 14.3. The molecule has 11 nitrogen and oxygen atoms in total. The number of hydrogen-bond donors (Lipinski definition) is 5. The van der Waals surface area contributed by atoms with Gasteiger partial charge in [0.25, 0.3) is 5.09 Å². The topological polar surface area (TPSA) is 176 Å². The predicted molar refractivity (Wildman–Crippen MR) is 141 cm³/mol. The highest BCUT2D eigenvalue weighted by Gasteiger charge is 2.31. The molecule has 2 aromatic heterocycles. The lowest BCUT2D eigenvalue weighted by molar-refractivity contribution is -0.742. The van der Waals surface area contributed by atoms with E-state index in [0.29, 0.717) is 10.8 Å². The minimum Gasteiger partial charge on any atom is -0.370 e. The fourth-order valence-corrected chi connectivity index (χ4v) is 3.15. The van der Waals surface area contributed by atoms with Crippen LogP contribution < -0.4 is 16.4 Å². The first kappa shape index (κ1) is 33.0. The zero-order valence-corrected chi connectivity index (χ0v) is 21.5. The van der Waals surface area contributed by atoms with Crippen LogP contribution in [0.2, 0.25) is 5.15 Å². The van der Waals surface area contributed by atoms with E-state index in [9.17, 15) is 26.3 Å². The Bertz CT molecular complexity index is 1520. The van der Waals surface area contributed by atoms with Crippen molar-refractivity contribution in [3.63, 3.8) is 0 Å². The maximum atomic E-state index is 12.8. The molecule has 42 heavy (non-hydrogen) atoms. The van der Waals surface area contributed by atoms with Gasteiger partial charge in [0.15, 0.2) is 5.96 Å². The lowest BCUT2D eigenvalue weighted by Crippen LogP contribution is -2.20. The van der Waals surface area contributed by atoms with Gasteiger partial charge in [-0.1, -0.05) is 23.7 Å². The fraction of sp³-hybridized carbons (Fsp3) is 0.0833. The summed E-state index contributed by atoms with van der Waals surface area (Å²) in [5, 5.41) is 25.8. The number of anilines is 3. The van der Waals surface area contributed by atoms with Gasteiger partial charge in [-0.15, -0.1) is 10.1 Å². The number of benzene rings is 2. The normalized spacial score (nSPS) is 10.7. The van der Waals surface area contributed by atoms with Crippen LogP contribution in [-0.2, 0) is 12.4 Å². The van der Waals surface area contributed by atoms with Crippen LogP contribution in [0.1, 0.15) is 11.1 Å². The molecule has 0 fully saturated rings. The molecule has 0 spiro atoms. The molecule has 0 saturated heterocycles. The van der Waals surface area contributed by atoms with Crippen molar-refractivity contribution in [3.05, 3.63) is 106 Å². The second kappa shape index (κ2) is 14.4. The van der Waals surface area contributed by atoms with Crippen molar-refractivity contribution < 1.29 is 36.6 Å². The zero-order chi connectivity index (χ0) is 31.5. The van der Waals surface area contributed by atoms with Crippen molar-refractivity contribution in [2.24, 2.45) is 5.73 Å². The van der Waals surface area contributed by atoms with Crippen LogP contribution in [0.4, 0.5) is 43.7 Å². The summed E-state index contributed by atoms with van der Waals surface area (Å²) in [5.74, 6) is -0.218. The van der Waals surface area contributed by atoms with Gasteiger partial charge in [0.05, 0.1) is 16.8 Å². The van der Waals surface area contributed by atoms with Crippen LogP contribution >= 0.6 is 11.6 Å². The van der Waals surface area contributed by atoms with Crippen molar-refractivity contribution in [1.29, 1.82) is 5.41 Å². The number of pyridine rings is 1. The predicted octanol–water partition coefficient (Wildman–Crippen LogP) is 6.62. The molecular formula is C24H19ClF6N8O3. The molecular weight excluding hydrogens is 598 g/mol. The smallest absolute Gasteiger partial charge is 0.370 e. The fourth-order valence-electron chi connectivity index (χ4n) is 2.97. The molecule has 4 aromatic rings. The summed E-state index contributed by atoms with van der Waals surface area (Å²) in [4.78, 5) is 20.6. The molecule has 0 aliphatic carbocycles. The van der Waals surface area contributed by atoms with Crippen LogP contribution in [-0.4, -0.2) is 31.2 Å². The zero-order valence-electron chi connectivity index (χ0n) is 20.8. The monoisotopic (exact) mass is 616 g/mol. The molecule has 0 saturated carbocycles. The molecule has 0 aliphatic rings. The van der Waals surface area contributed by atoms with Crippen molar-refractivity contribution >= 4 is 34.9 Å². The Morgan fingerprint density at radius 2 is 1.43 bits per heavy atom. The minimum absolute atomic E-state index is 0.146. The van der Waals surface area contributed by atoms with Gasteiger partial charge in [0, 0.05) is 29.3 Å². The Morgan fingerprint density at radius 1 is 0.905 bits per heavy atom. The molecule has 0 radical (unpaired) electrons. The highest BCUT2D eigenvalue weighted by Crippen LogP contribution is 2.32. The maximum Gasteiger partial charge on any atom is 0.416 e. The number of nitrogens with zero attached hydrogens (tertiary/aromatic N) is 4. The van der Waals surface area contributed by atoms with Crippen molar-refractivity contribution in [1.82, 2.24) is 15.0 Å².